The van der Waals surface area contributed by atoms with E-state index in [-0.39, 0.29) is 5.95 Å². The van der Waals surface area contributed by atoms with Crippen molar-refractivity contribution in [1.82, 2.24) is 19.9 Å². The Morgan fingerprint density at radius 3 is 2.30 bits per heavy atom. The van der Waals surface area contributed by atoms with Crippen LogP contribution in [0.25, 0.3) is 22.9 Å². The van der Waals surface area contributed by atoms with Gasteiger partial charge in [-0.15, -0.1) is 0 Å². The van der Waals surface area contributed by atoms with Crippen LogP contribution < -0.4 is 5.73 Å². The molecule has 0 fully saturated rings. The van der Waals surface area contributed by atoms with Crippen molar-refractivity contribution < 1.29 is 4.39 Å². The Kier molecular flexibility index (Phi) is 3.04. The Balaban J connectivity index is 2.09. The van der Waals surface area contributed by atoms with Crippen molar-refractivity contribution in [2.75, 3.05) is 5.73 Å². The first kappa shape index (κ1) is 12.2. The first-order chi connectivity index (χ1) is 9.72. The molecule has 6 heteroatoms. The number of anilines is 1. The number of hydrogen-bond donors (Lipinski definition) is 1. The second kappa shape index (κ2) is 5.00. The predicted octanol–water partition coefficient (Wildman–Crippen LogP) is 2.32. The van der Waals surface area contributed by atoms with Crippen LogP contribution in [-0.2, 0) is 0 Å². The number of aromatic nitrogens is 4. The second-order valence-corrected chi connectivity index (χ2v) is 4.07. The van der Waals surface area contributed by atoms with Crippen molar-refractivity contribution >= 4 is 5.95 Å². The first-order valence-corrected chi connectivity index (χ1v) is 5.91. The average molecular weight is 267 g/mol. The third-order valence-corrected chi connectivity index (χ3v) is 2.64. The maximum absolute atomic E-state index is 12.9. The molecule has 98 valence electrons. The second-order valence-electron chi connectivity index (χ2n) is 4.07. The van der Waals surface area contributed by atoms with Gasteiger partial charge in [-0.3, -0.25) is 0 Å². The van der Waals surface area contributed by atoms with Crippen LogP contribution in [-0.4, -0.2) is 19.9 Å². The zero-order chi connectivity index (χ0) is 13.9. The molecule has 0 aliphatic rings. The maximum Gasteiger partial charge on any atom is 0.224 e. The maximum atomic E-state index is 12.9. The highest BCUT2D eigenvalue weighted by Crippen LogP contribution is 2.19. The van der Waals surface area contributed by atoms with Gasteiger partial charge in [-0.05, 0) is 12.1 Å². The van der Waals surface area contributed by atoms with Crippen molar-refractivity contribution in [2.24, 2.45) is 0 Å². The van der Waals surface area contributed by atoms with Crippen LogP contribution in [0.5, 0.6) is 0 Å². The third kappa shape index (κ3) is 2.44. The molecule has 0 spiro atoms. The molecule has 1 aromatic carbocycles. The van der Waals surface area contributed by atoms with Crippen LogP contribution in [0.1, 0.15) is 0 Å². The fraction of sp³-hybridized carbons (Fsp3) is 0. The van der Waals surface area contributed by atoms with E-state index in [1.54, 1.807) is 0 Å². The molecule has 2 N–H and O–H groups in total. The van der Waals surface area contributed by atoms with Crippen LogP contribution in [0, 0.1) is 5.82 Å². The number of benzene rings is 1. The summed E-state index contributed by atoms with van der Waals surface area (Å²) in [6, 6.07) is 12.2. The summed E-state index contributed by atoms with van der Waals surface area (Å²) in [5, 5.41) is 0. The zero-order valence-electron chi connectivity index (χ0n) is 10.4. The normalized spacial score (nSPS) is 10.4. The molecule has 0 aliphatic heterocycles. The Morgan fingerprint density at radius 1 is 0.850 bits per heavy atom. The van der Waals surface area contributed by atoms with Gasteiger partial charge in [-0.25, -0.2) is 14.4 Å². The molecular weight excluding hydrogens is 257 g/mol. The van der Waals surface area contributed by atoms with Gasteiger partial charge in [0.1, 0.15) is 11.5 Å². The monoisotopic (exact) mass is 267 g/mol. The van der Waals surface area contributed by atoms with Gasteiger partial charge in [0.25, 0.3) is 0 Å². The SMILES string of the molecule is Nc1nc(-c2ccccc2)nc(-c2ccc(F)cn2)n1. The quantitative estimate of drug-likeness (QED) is 0.771. The van der Waals surface area contributed by atoms with Crippen molar-refractivity contribution in [3.63, 3.8) is 0 Å². The number of pyridine rings is 1. The molecule has 5 nitrogen and oxygen atoms in total. The van der Waals surface area contributed by atoms with Gasteiger partial charge in [0.2, 0.25) is 5.95 Å². The number of nitrogens with two attached hydrogens (primary N) is 1. The first-order valence-electron chi connectivity index (χ1n) is 5.91. The fourth-order valence-electron chi connectivity index (χ4n) is 1.73. The van der Waals surface area contributed by atoms with Gasteiger partial charge in [0.15, 0.2) is 11.6 Å². The molecule has 0 amide bonds. The van der Waals surface area contributed by atoms with E-state index in [1.807, 2.05) is 30.3 Å². The standard InChI is InChI=1S/C14H10FN5/c15-10-6-7-11(17-8-10)13-18-12(19-14(16)20-13)9-4-2-1-3-5-9/h1-8H,(H2,16,18,19,20). The smallest absolute Gasteiger partial charge is 0.224 e. The Bertz CT molecular complexity index is 728. The van der Waals surface area contributed by atoms with Crippen LogP contribution in [0.15, 0.2) is 48.7 Å². The number of halogens is 1. The van der Waals surface area contributed by atoms with E-state index in [4.69, 9.17) is 5.73 Å². The van der Waals surface area contributed by atoms with E-state index >= 15 is 0 Å². The Hall–Kier alpha value is -2.89. The van der Waals surface area contributed by atoms with Gasteiger partial charge >= 0.3 is 0 Å². The minimum atomic E-state index is -0.418. The molecule has 0 unspecified atom stereocenters. The molecule has 3 aromatic rings. The molecule has 2 aromatic heterocycles. The van der Waals surface area contributed by atoms with Crippen LogP contribution in [0.4, 0.5) is 10.3 Å². The Morgan fingerprint density at radius 2 is 1.60 bits per heavy atom. The largest absolute Gasteiger partial charge is 0.368 e. The summed E-state index contributed by atoms with van der Waals surface area (Å²) in [4.78, 5) is 16.4. The molecule has 2 heterocycles. The number of nitrogen functional groups attached to an aromatic ring is 1. The minimum Gasteiger partial charge on any atom is -0.368 e. The van der Waals surface area contributed by atoms with Crippen molar-refractivity contribution in [3.8, 4) is 22.9 Å². The molecular formula is C14H10FN5. The van der Waals surface area contributed by atoms with Gasteiger partial charge in [0.05, 0.1) is 6.20 Å². The predicted molar refractivity (Wildman–Crippen MR) is 72.9 cm³/mol. The van der Waals surface area contributed by atoms with Crippen molar-refractivity contribution in [1.29, 1.82) is 0 Å². The van der Waals surface area contributed by atoms with E-state index < -0.39 is 5.82 Å². The summed E-state index contributed by atoms with van der Waals surface area (Å²) in [5.41, 5.74) is 6.97. The lowest BCUT2D eigenvalue weighted by molar-refractivity contribution is 0.621. The molecule has 0 bridgehead atoms. The van der Waals surface area contributed by atoms with E-state index in [1.165, 1.54) is 12.1 Å². The lowest BCUT2D eigenvalue weighted by atomic mass is 10.2. The topological polar surface area (TPSA) is 77.6 Å². The summed E-state index contributed by atoms with van der Waals surface area (Å²) in [5.74, 6) is 0.453. The van der Waals surface area contributed by atoms with Crippen molar-refractivity contribution in [3.05, 3.63) is 54.5 Å². The highest BCUT2D eigenvalue weighted by Gasteiger charge is 2.09. The van der Waals surface area contributed by atoms with E-state index in [0.717, 1.165) is 11.8 Å². The Labute approximate surface area is 114 Å². The van der Waals surface area contributed by atoms with E-state index in [2.05, 4.69) is 19.9 Å². The summed E-state index contributed by atoms with van der Waals surface area (Å²) in [6.45, 7) is 0. The van der Waals surface area contributed by atoms with Gasteiger partial charge in [-0.2, -0.15) is 9.97 Å². The summed E-state index contributed by atoms with van der Waals surface area (Å²) >= 11 is 0. The van der Waals surface area contributed by atoms with Crippen LogP contribution >= 0.6 is 0 Å². The molecule has 3 rings (SSSR count). The number of nitrogens with zero attached hydrogens (tertiary/aromatic N) is 4. The fourth-order valence-corrected chi connectivity index (χ4v) is 1.73. The lowest BCUT2D eigenvalue weighted by Crippen LogP contribution is -2.03. The molecule has 0 aliphatic carbocycles. The summed E-state index contributed by atoms with van der Waals surface area (Å²) in [6.07, 6.45) is 1.11. The van der Waals surface area contributed by atoms with Gasteiger partial charge in [-0.1, -0.05) is 30.3 Å². The van der Waals surface area contributed by atoms with Crippen molar-refractivity contribution in [2.45, 2.75) is 0 Å². The third-order valence-electron chi connectivity index (χ3n) is 2.64. The average Bonchev–Trinajstić information content (AvgIpc) is 2.48. The van der Waals surface area contributed by atoms with Gasteiger partial charge < -0.3 is 5.73 Å². The molecule has 0 saturated heterocycles. The summed E-state index contributed by atoms with van der Waals surface area (Å²) < 4.78 is 12.9. The zero-order valence-corrected chi connectivity index (χ0v) is 10.4. The molecule has 0 saturated carbocycles. The van der Waals surface area contributed by atoms with Gasteiger partial charge in [0, 0.05) is 5.56 Å². The number of hydrogen-bond acceptors (Lipinski definition) is 5. The molecule has 0 radical (unpaired) electrons. The highest BCUT2D eigenvalue weighted by molar-refractivity contribution is 5.60. The van der Waals surface area contributed by atoms with E-state index in [9.17, 15) is 4.39 Å². The highest BCUT2D eigenvalue weighted by atomic mass is 19.1. The molecule has 20 heavy (non-hydrogen) atoms. The lowest BCUT2D eigenvalue weighted by Gasteiger charge is -2.04. The van der Waals surface area contributed by atoms with Crippen LogP contribution in [0.2, 0.25) is 0 Å². The molecule has 0 atom stereocenters. The minimum absolute atomic E-state index is 0.0972. The number of rotatable bonds is 2. The summed E-state index contributed by atoms with van der Waals surface area (Å²) in [7, 11) is 0. The van der Waals surface area contributed by atoms with Crippen LogP contribution in [0.3, 0.4) is 0 Å². The van der Waals surface area contributed by atoms with E-state index in [0.29, 0.717) is 17.3 Å².